The molecule has 5 nitrogen and oxygen atoms in total. The van der Waals surface area contributed by atoms with E-state index in [2.05, 4.69) is 10.3 Å². The first kappa shape index (κ1) is 14.8. The van der Waals surface area contributed by atoms with Gasteiger partial charge in [0.1, 0.15) is 0 Å². The summed E-state index contributed by atoms with van der Waals surface area (Å²) in [6.07, 6.45) is 4.15. The average Bonchev–Trinajstić information content (AvgIpc) is 2.53. The maximum atomic E-state index is 12.2. The molecule has 0 unspecified atom stereocenters. The Morgan fingerprint density at radius 1 is 1.29 bits per heavy atom. The normalized spacial score (nSPS) is 10.0. The SMILES string of the molecule is CCCOc1ccc(C(=O)Nc2cccnc2)cc1OC. The molecule has 1 N–H and O–H groups in total. The molecule has 0 spiro atoms. The van der Waals surface area contributed by atoms with E-state index in [0.717, 1.165) is 6.42 Å². The van der Waals surface area contributed by atoms with Crippen molar-refractivity contribution in [2.75, 3.05) is 19.0 Å². The van der Waals surface area contributed by atoms with E-state index in [9.17, 15) is 4.79 Å². The van der Waals surface area contributed by atoms with E-state index < -0.39 is 0 Å². The summed E-state index contributed by atoms with van der Waals surface area (Å²) in [4.78, 5) is 16.1. The molecule has 1 aromatic heterocycles. The number of hydrogen-bond acceptors (Lipinski definition) is 4. The van der Waals surface area contributed by atoms with Crippen molar-refractivity contribution in [3.8, 4) is 11.5 Å². The molecular weight excluding hydrogens is 268 g/mol. The summed E-state index contributed by atoms with van der Waals surface area (Å²) in [6, 6.07) is 8.65. The van der Waals surface area contributed by atoms with Gasteiger partial charge in [-0.3, -0.25) is 9.78 Å². The number of hydrogen-bond donors (Lipinski definition) is 1. The van der Waals surface area contributed by atoms with Crippen molar-refractivity contribution in [2.24, 2.45) is 0 Å². The largest absolute Gasteiger partial charge is 0.493 e. The second kappa shape index (κ2) is 7.28. The molecule has 0 aliphatic carbocycles. The number of carbonyl (C=O) groups excluding carboxylic acids is 1. The molecule has 2 rings (SSSR count). The summed E-state index contributed by atoms with van der Waals surface area (Å²) >= 11 is 0. The molecule has 21 heavy (non-hydrogen) atoms. The smallest absolute Gasteiger partial charge is 0.255 e. The second-order valence-corrected chi connectivity index (χ2v) is 4.41. The predicted octanol–water partition coefficient (Wildman–Crippen LogP) is 3.13. The van der Waals surface area contributed by atoms with Crippen molar-refractivity contribution in [1.82, 2.24) is 4.98 Å². The van der Waals surface area contributed by atoms with Gasteiger partial charge in [0.2, 0.25) is 0 Å². The quantitative estimate of drug-likeness (QED) is 0.886. The lowest BCUT2D eigenvalue weighted by molar-refractivity contribution is 0.102. The maximum Gasteiger partial charge on any atom is 0.255 e. The molecule has 5 heteroatoms. The number of nitrogens with one attached hydrogen (secondary N) is 1. The fraction of sp³-hybridized carbons (Fsp3) is 0.250. The minimum atomic E-state index is -0.219. The highest BCUT2D eigenvalue weighted by Crippen LogP contribution is 2.28. The molecule has 1 heterocycles. The van der Waals surface area contributed by atoms with Gasteiger partial charge in [0.25, 0.3) is 5.91 Å². The standard InChI is InChI=1S/C16H18N2O3/c1-3-9-21-14-7-6-12(10-15(14)20-2)16(19)18-13-5-4-8-17-11-13/h4-8,10-11H,3,9H2,1-2H3,(H,18,19). The molecule has 0 atom stereocenters. The predicted molar refractivity (Wildman–Crippen MR) is 81.0 cm³/mol. The number of ether oxygens (including phenoxy) is 2. The molecule has 0 bridgehead atoms. The van der Waals surface area contributed by atoms with Gasteiger partial charge < -0.3 is 14.8 Å². The zero-order chi connectivity index (χ0) is 15.1. The van der Waals surface area contributed by atoms with Crippen LogP contribution >= 0.6 is 0 Å². The van der Waals surface area contributed by atoms with Crippen molar-refractivity contribution in [2.45, 2.75) is 13.3 Å². The summed E-state index contributed by atoms with van der Waals surface area (Å²) in [5, 5.41) is 2.77. The Kier molecular flexibility index (Phi) is 5.15. The summed E-state index contributed by atoms with van der Waals surface area (Å²) in [5.41, 5.74) is 1.15. The number of aromatic nitrogens is 1. The van der Waals surface area contributed by atoms with E-state index in [-0.39, 0.29) is 5.91 Å². The van der Waals surface area contributed by atoms with Gasteiger partial charge >= 0.3 is 0 Å². The van der Waals surface area contributed by atoms with Crippen molar-refractivity contribution in [1.29, 1.82) is 0 Å². The van der Waals surface area contributed by atoms with Crippen LogP contribution in [-0.4, -0.2) is 24.6 Å². The Balaban J connectivity index is 2.14. The highest BCUT2D eigenvalue weighted by atomic mass is 16.5. The molecule has 0 saturated heterocycles. The van der Waals surface area contributed by atoms with Crippen LogP contribution in [-0.2, 0) is 0 Å². The van der Waals surface area contributed by atoms with E-state index in [0.29, 0.717) is 29.4 Å². The van der Waals surface area contributed by atoms with Gasteiger partial charge in [0.15, 0.2) is 11.5 Å². The zero-order valence-electron chi connectivity index (χ0n) is 12.1. The van der Waals surface area contributed by atoms with Crippen molar-refractivity contribution in [3.05, 3.63) is 48.3 Å². The molecule has 2 aromatic rings. The number of benzene rings is 1. The number of rotatable bonds is 6. The lowest BCUT2D eigenvalue weighted by atomic mass is 10.2. The fourth-order valence-corrected chi connectivity index (χ4v) is 1.78. The summed E-state index contributed by atoms with van der Waals surface area (Å²) in [6.45, 7) is 2.64. The average molecular weight is 286 g/mol. The topological polar surface area (TPSA) is 60.5 Å². The highest BCUT2D eigenvalue weighted by molar-refractivity contribution is 6.04. The van der Waals surface area contributed by atoms with Crippen LogP contribution in [0.4, 0.5) is 5.69 Å². The van der Waals surface area contributed by atoms with E-state index in [4.69, 9.17) is 9.47 Å². The Morgan fingerprint density at radius 2 is 2.14 bits per heavy atom. The first-order valence-corrected chi connectivity index (χ1v) is 6.76. The van der Waals surface area contributed by atoms with Crippen LogP contribution in [0.1, 0.15) is 23.7 Å². The number of anilines is 1. The fourth-order valence-electron chi connectivity index (χ4n) is 1.78. The van der Waals surface area contributed by atoms with Gasteiger partial charge in [-0.2, -0.15) is 0 Å². The molecule has 1 aromatic carbocycles. The van der Waals surface area contributed by atoms with Crippen molar-refractivity contribution >= 4 is 11.6 Å². The molecule has 0 saturated carbocycles. The van der Waals surface area contributed by atoms with Crippen LogP contribution in [0, 0.1) is 0 Å². The Labute approximate surface area is 123 Å². The van der Waals surface area contributed by atoms with Crippen LogP contribution in [0.25, 0.3) is 0 Å². The lowest BCUT2D eigenvalue weighted by Crippen LogP contribution is -2.12. The van der Waals surface area contributed by atoms with E-state index in [1.54, 1.807) is 49.8 Å². The van der Waals surface area contributed by atoms with Gasteiger partial charge in [-0.1, -0.05) is 6.92 Å². The van der Waals surface area contributed by atoms with E-state index in [1.165, 1.54) is 0 Å². The molecule has 0 aliphatic heterocycles. The first-order valence-electron chi connectivity index (χ1n) is 6.76. The lowest BCUT2D eigenvalue weighted by Gasteiger charge is -2.11. The number of methoxy groups -OCH3 is 1. The number of carbonyl (C=O) groups is 1. The number of amides is 1. The Bertz CT molecular complexity index is 600. The van der Waals surface area contributed by atoms with Crippen LogP contribution in [0.2, 0.25) is 0 Å². The third-order valence-corrected chi connectivity index (χ3v) is 2.81. The van der Waals surface area contributed by atoms with E-state index >= 15 is 0 Å². The molecule has 0 aliphatic rings. The summed E-state index contributed by atoms with van der Waals surface area (Å²) in [7, 11) is 1.55. The van der Waals surface area contributed by atoms with Gasteiger partial charge in [-0.05, 0) is 36.8 Å². The Morgan fingerprint density at radius 3 is 2.81 bits per heavy atom. The van der Waals surface area contributed by atoms with Crippen LogP contribution < -0.4 is 14.8 Å². The van der Waals surface area contributed by atoms with Gasteiger partial charge in [-0.25, -0.2) is 0 Å². The third kappa shape index (κ3) is 3.95. The minimum absolute atomic E-state index is 0.219. The minimum Gasteiger partial charge on any atom is -0.493 e. The first-order chi connectivity index (χ1) is 10.2. The summed E-state index contributed by atoms with van der Waals surface area (Å²) in [5.74, 6) is 0.961. The van der Waals surface area contributed by atoms with Gasteiger partial charge in [0, 0.05) is 11.8 Å². The van der Waals surface area contributed by atoms with Crippen molar-refractivity contribution < 1.29 is 14.3 Å². The molecule has 1 amide bonds. The van der Waals surface area contributed by atoms with Crippen LogP contribution in [0.3, 0.4) is 0 Å². The van der Waals surface area contributed by atoms with E-state index in [1.807, 2.05) is 6.92 Å². The van der Waals surface area contributed by atoms with Crippen LogP contribution in [0.15, 0.2) is 42.7 Å². The molecule has 0 fully saturated rings. The van der Waals surface area contributed by atoms with Crippen molar-refractivity contribution in [3.63, 3.8) is 0 Å². The van der Waals surface area contributed by atoms with Gasteiger partial charge in [0.05, 0.1) is 25.6 Å². The molecule has 0 radical (unpaired) electrons. The summed E-state index contributed by atoms with van der Waals surface area (Å²) < 4.78 is 10.8. The number of pyridine rings is 1. The second-order valence-electron chi connectivity index (χ2n) is 4.41. The third-order valence-electron chi connectivity index (χ3n) is 2.81. The molecular formula is C16H18N2O3. The Hall–Kier alpha value is -2.56. The van der Waals surface area contributed by atoms with Crippen LogP contribution in [0.5, 0.6) is 11.5 Å². The highest BCUT2D eigenvalue weighted by Gasteiger charge is 2.11. The van der Waals surface area contributed by atoms with Gasteiger partial charge in [-0.15, -0.1) is 0 Å². The maximum absolute atomic E-state index is 12.2. The zero-order valence-corrected chi connectivity index (χ0v) is 12.1. The molecule has 110 valence electrons. The number of nitrogens with zero attached hydrogens (tertiary/aromatic N) is 1. The monoisotopic (exact) mass is 286 g/mol.